The molecule has 0 aliphatic heterocycles. The van der Waals surface area contributed by atoms with Gasteiger partial charge in [-0.05, 0) is 52.4 Å². The van der Waals surface area contributed by atoms with Crippen LogP contribution in [0.1, 0.15) is 68.2 Å². The quantitative estimate of drug-likeness (QED) is 0.607. The zero-order valence-electron chi connectivity index (χ0n) is 17.5. The van der Waals surface area contributed by atoms with Crippen LogP contribution in [0, 0.1) is 11.8 Å². The summed E-state index contributed by atoms with van der Waals surface area (Å²) in [5.41, 5.74) is -0.641. The largest absolute Gasteiger partial charge is 0.458 e. The molecule has 0 heterocycles. The van der Waals surface area contributed by atoms with Gasteiger partial charge < -0.3 is 20.1 Å². The van der Waals surface area contributed by atoms with E-state index in [2.05, 4.69) is 10.6 Å². The highest BCUT2D eigenvalue weighted by Gasteiger charge is 2.30. The van der Waals surface area contributed by atoms with Gasteiger partial charge in [-0.1, -0.05) is 27.7 Å². The van der Waals surface area contributed by atoms with E-state index in [0.29, 0.717) is 12.8 Å². The summed E-state index contributed by atoms with van der Waals surface area (Å²) in [6, 6.07) is -1.54. The third-order valence-electron chi connectivity index (χ3n) is 3.31. The standard InChI is InChI=1S/C19H36N2O5/c1-9-25-18(24)21-14(10-12(2)3)16(22)20-15(11-13(4)5)17(23)26-19(6,7)8/h12-15H,9-11H2,1-8H3,(H,20,22)(H,21,24)/t14-,15+/m0/s1. The Balaban J connectivity index is 5.18. The van der Waals surface area contributed by atoms with E-state index < -0.39 is 35.7 Å². The van der Waals surface area contributed by atoms with Crippen molar-refractivity contribution in [3.05, 3.63) is 0 Å². The Bertz CT molecular complexity index is 469. The molecule has 0 bridgehead atoms. The van der Waals surface area contributed by atoms with Gasteiger partial charge in [0.05, 0.1) is 6.61 Å². The molecule has 7 heteroatoms. The van der Waals surface area contributed by atoms with Gasteiger partial charge in [0.15, 0.2) is 0 Å². The lowest BCUT2D eigenvalue weighted by Crippen LogP contribution is -2.53. The van der Waals surface area contributed by atoms with Crippen molar-refractivity contribution < 1.29 is 23.9 Å². The zero-order valence-corrected chi connectivity index (χ0v) is 17.5. The average Bonchev–Trinajstić information content (AvgIpc) is 2.43. The normalized spacial score (nSPS) is 13.9. The third-order valence-corrected chi connectivity index (χ3v) is 3.31. The van der Waals surface area contributed by atoms with E-state index in [1.165, 1.54) is 0 Å². The minimum Gasteiger partial charge on any atom is -0.458 e. The molecule has 0 aliphatic carbocycles. The first-order valence-corrected chi connectivity index (χ1v) is 9.32. The Morgan fingerprint density at radius 1 is 0.885 bits per heavy atom. The van der Waals surface area contributed by atoms with Gasteiger partial charge >= 0.3 is 12.1 Å². The van der Waals surface area contributed by atoms with Gasteiger partial charge in [-0.25, -0.2) is 9.59 Å². The van der Waals surface area contributed by atoms with Crippen molar-refractivity contribution in [1.82, 2.24) is 10.6 Å². The summed E-state index contributed by atoms with van der Waals surface area (Å²) in [4.78, 5) is 36.9. The summed E-state index contributed by atoms with van der Waals surface area (Å²) in [7, 11) is 0. The molecule has 2 N–H and O–H groups in total. The van der Waals surface area contributed by atoms with E-state index in [9.17, 15) is 14.4 Å². The van der Waals surface area contributed by atoms with Crippen LogP contribution in [0.4, 0.5) is 4.79 Å². The SMILES string of the molecule is CCOC(=O)N[C@@H](CC(C)C)C(=O)N[C@H](CC(C)C)C(=O)OC(C)(C)C. The minimum atomic E-state index is -0.772. The first-order chi connectivity index (χ1) is 11.9. The number of nitrogens with one attached hydrogen (secondary N) is 2. The van der Waals surface area contributed by atoms with Gasteiger partial charge in [-0.2, -0.15) is 0 Å². The maximum atomic E-state index is 12.7. The maximum Gasteiger partial charge on any atom is 0.407 e. The Kier molecular flexibility index (Phi) is 10.3. The summed E-state index contributed by atoms with van der Waals surface area (Å²) in [6.45, 7) is 15.1. The van der Waals surface area contributed by atoms with Crippen molar-refractivity contribution in [1.29, 1.82) is 0 Å². The fourth-order valence-electron chi connectivity index (χ4n) is 2.35. The molecule has 0 rings (SSSR count). The molecule has 7 nitrogen and oxygen atoms in total. The average molecular weight is 373 g/mol. The Morgan fingerprint density at radius 2 is 1.38 bits per heavy atom. The number of amides is 2. The monoisotopic (exact) mass is 372 g/mol. The second kappa shape index (κ2) is 11.0. The first-order valence-electron chi connectivity index (χ1n) is 9.32. The van der Waals surface area contributed by atoms with E-state index in [1.807, 2.05) is 27.7 Å². The van der Waals surface area contributed by atoms with Gasteiger partial charge in [-0.3, -0.25) is 4.79 Å². The van der Waals surface area contributed by atoms with Crippen LogP contribution >= 0.6 is 0 Å². The molecule has 0 spiro atoms. The number of hydrogen-bond acceptors (Lipinski definition) is 5. The van der Waals surface area contributed by atoms with Gasteiger partial charge in [0.1, 0.15) is 17.7 Å². The molecule has 2 atom stereocenters. The van der Waals surface area contributed by atoms with Crippen LogP contribution in [0.2, 0.25) is 0 Å². The number of carbonyl (C=O) groups is 3. The molecule has 0 aliphatic rings. The van der Waals surface area contributed by atoms with Gasteiger partial charge in [-0.15, -0.1) is 0 Å². The Morgan fingerprint density at radius 3 is 1.81 bits per heavy atom. The molecule has 0 aromatic heterocycles. The second-order valence-electron chi connectivity index (χ2n) is 8.27. The first kappa shape index (κ1) is 24.2. The van der Waals surface area contributed by atoms with E-state index in [-0.39, 0.29) is 18.4 Å². The smallest absolute Gasteiger partial charge is 0.407 e. The second-order valence-corrected chi connectivity index (χ2v) is 8.27. The van der Waals surface area contributed by atoms with E-state index in [1.54, 1.807) is 27.7 Å². The number of carbonyl (C=O) groups excluding carboxylic acids is 3. The highest BCUT2D eigenvalue weighted by molar-refractivity contribution is 5.89. The van der Waals surface area contributed by atoms with Crippen molar-refractivity contribution in [2.75, 3.05) is 6.61 Å². The molecule has 0 aromatic rings. The summed E-state index contributed by atoms with van der Waals surface area (Å²) >= 11 is 0. The van der Waals surface area contributed by atoms with Gasteiger partial charge in [0.2, 0.25) is 5.91 Å². The van der Waals surface area contributed by atoms with Crippen LogP contribution in [0.3, 0.4) is 0 Å². The molecule has 0 aromatic carbocycles. The number of alkyl carbamates (subject to hydrolysis) is 1. The molecule has 0 unspecified atom stereocenters. The molecular formula is C19H36N2O5. The van der Waals surface area contributed by atoms with Crippen LogP contribution < -0.4 is 10.6 Å². The fourth-order valence-corrected chi connectivity index (χ4v) is 2.35. The number of ether oxygens (including phenoxy) is 2. The topological polar surface area (TPSA) is 93.7 Å². The lowest BCUT2D eigenvalue weighted by Gasteiger charge is -2.27. The third kappa shape index (κ3) is 10.9. The van der Waals surface area contributed by atoms with Crippen molar-refractivity contribution in [2.24, 2.45) is 11.8 Å². The number of rotatable bonds is 9. The molecule has 26 heavy (non-hydrogen) atoms. The predicted molar refractivity (Wildman–Crippen MR) is 101 cm³/mol. The summed E-state index contributed by atoms with van der Waals surface area (Å²) in [5.74, 6) is -0.519. The van der Waals surface area contributed by atoms with Crippen LogP contribution in [0.15, 0.2) is 0 Å². The highest BCUT2D eigenvalue weighted by Crippen LogP contribution is 2.14. The van der Waals surface area contributed by atoms with E-state index >= 15 is 0 Å². The maximum absolute atomic E-state index is 12.7. The van der Waals surface area contributed by atoms with Crippen molar-refractivity contribution in [3.8, 4) is 0 Å². The lowest BCUT2D eigenvalue weighted by molar-refractivity contribution is -0.159. The lowest BCUT2D eigenvalue weighted by atomic mass is 10.0. The number of hydrogen-bond donors (Lipinski definition) is 2. The Labute approximate surface area is 157 Å². The summed E-state index contributed by atoms with van der Waals surface area (Å²) < 4.78 is 10.3. The molecule has 0 saturated heterocycles. The van der Waals surface area contributed by atoms with Crippen molar-refractivity contribution in [3.63, 3.8) is 0 Å². The van der Waals surface area contributed by atoms with Crippen molar-refractivity contribution in [2.45, 2.75) is 85.9 Å². The molecular weight excluding hydrogens is 336 g/mol. The minimum absolute atomic E-state index is 0.178. The van der Waals surface area contributed by atoms with Gasteiger partial charge in [0, 0.05) is 0 Å². The van der Waals surface area contributed by atoms with Crippen LogP contribution in [0.5, 0.6) is 0 Å². The Hall–Kier alpha value is -1.79. The van der Waals surface area contributed by atoms with Crippen LogP contribution in [0.25, 0.3) is 0 Å². The number of esters is 1. The highest BCUT2D eigenvalue weighted by atomic mass is 16.6. The molecule has 0 radical (unpaired) electrons. The summed E-state index contributed by atoms with van der Waals surface area (Å²) in [6.07, 6.45) is 0.243. The predicted octanol–water partition coefficient (Wildman–Crippen LogP) is 3.02. The van der Waals surface area contributed by atoms with Crippen LogP contribution in [-0.2, 0) is 19.1 Å². The molecule has 0 saturated carbocycles. The van der Waals surface area contributed by atoms with E-state index in [4.69, 9.17) is 9.47 Å². The summed E-state index contributed by atoms with van der Waals surface area (Å²) in [5, 5.41) is 5.31. The fraction of sp³-hybridized carbons (Fsp3) is 0.842. The molecule has 2 amide bonds. The van der Waals surface area contributed by atoms with E-state index in [0.717, 1.165) is 0 Å². The van der Waals surface area contributed by atoms with Crippen molar-refractivity contribution >= 4 is 18.0 Å². The molecule has 0 fully saturated rings. The van der Waals surface area contributed by atoms with Gasteiger partial charge in [0.25, 0.3) is 0 Å². The van der Waals surface area contributed by atoms with Crippen LogP contribution in [-0.4, -0.2) is 42.3 Å². The molecule has 152 valence electrons. The zero-order chi connectivity index (χ0) is 20.5.